The van der Waals surface area contributed by atoms with Gasteiger partial charge in [-0.3, -0.25) is 0 Å². The van der Waals surface area contributed by atoms with Crippen molar-refractivity contribution in [3.05, 3.63) is 71.8 Å². The zero-order valence-corrected chi connectivity index (χ0v) is 11.1. The van der Waals surface area contributed by atoms with Crippen LogP contribution in [-0.2, 0) is 4.84 Å². The van der Waals surface area contributed by atoms with Crippen LogP contribution in [0, 0.1) is 0 Å². The smallest absolute Gasteiger partial charge is 0.136 e. The largest absolute Gasteiger partial charge is 0.392 e. The van der Waals surface area contributed by atoms with E-state index in [4.69, 9.17) is 4.84 Å². The molecule has 0 aromatic heterocycles. The summed E-state index contributed by atoms with van der Waals surface area (Å²) in [5, 5.41) is 14.3. The third-order valence-electron chi connectivity index (χ3n) is 3.51. The Balaban J connectivity index is 1.60. The fourth-order valence-corrected chi connectivity index (χ4v) is 2.42. The molecule has 0 radical (unpaired) electrons. The summed E-state index contributed by atoms with van der Waals surface area (Å²) in [6.07, 6.45) is 0.740. The molecule has 2 aromatic carbocycles. The first-order chi connectivity index (χ1) is 9.83. The second-order valence-corrected chi connectivity index (χ2v) is 5.00. The Morgan fingerprint density at radius 2 is 1.70 bits per heavy atom. The molecule has 0 saturated carbocycles. The van der Waals surface area contributed by atoms with Crippen molar-refractivity contribution < 1.29 is 9.94 Å². The quantitative estimate of drug-likeness (QED) is 0.923. The van der Waals surface area contributed by atoms with Crippen LogP contribution in [0.15, 0.2) is 65.8 Å². The van der Waals surface area contributed by atoms with Crippen LogP contribution in [0.3, 0.4) is 0 Å². The first-order valence-corrected chi connectivity index (χ1v) is 6.84. The van der Waals surface area contributed by atoms with E-state index in [0.717, 1.165) is 23.3 Å². The van der Waals surface area contributed by atoms with Gasteiger partial charge >= 0.3 is 0 Å². The summed E-state index contributed by atoms with van der Waals surface area (Å²) < 4.78 is 0. The Morgan fingerprint density at radius 1 is 1.05 bits per heavy atom. The minimum atomic E-state index is -0.508. The Labute approximate surface area is 118 Å². The summed E-state index contributed by atoms with van der Waals surface area (Å²) in [4.78, 5) is 5.44. The zero-order chi connectivity index (χ0) is 13.8. The molecule has 102 valence electrons. The number of aliphatic hydroxyl groups is 1. The molecule has 1 aliphatic rings. The number of hydrogen-bond acceptors (Lipinski definition) is 3. The van der Waals surface area contributed by atoms with Gasteiger partial charge in [0, 0.05) is 12.8 Å². The number of aliphatic hydroxyl groups excluding tert-OH is 1. The summed E-state index contributed by atoms with van der Waals surface area (Å²) in [7, 11) is 0. The third kappa shape index (κ3) is 2.89. The van der Waals surface area contributed by atoms with E-state index in [-0.39, 0.29) is 6.10 Å². The first-order valence-electron chi connectivity index (χ1n) is 6.84. The Morgan fingerprint density at radius 3 is 2.40 bits per heavy atom. The van der Waals surface area contributed by atoms with Crippen molar-refractivity contribution in [1.82, 2.24) is 0 Å². The van der Waals surface area contributed by atoms with Gasteiger partial charge in [-0.2, -0.15) is 0 Å². The van der Waals surface area contributed by atoms with Gasteiger partial charge in [0.05, 0.1) is 11.8 Å². The number of oxime groups is 1. The molecule has 0 saturated heterocycles. The fraction of sp³-hybridized carbons (Fsp3) is 0.235. The highest BCUT2D eigenvalue weighted by molar-refractivity contribution is 6.01. The second-order valence-electron chi connectivity index (χ2n) is 5.00. The maximum Gasteiger partial charge on any atom is 0.136 e. The minimum absolute atomic E-state index is 0.0552. The molecular formula is C17H17NO2. The molecule has 1 aliphatic heterocycles. The first kappa shape index (κ1) is 12.9. The lowest BCUT2D eigenvalue weighted by molar-refractivity contribution is 0.0363. The predicted octanol–water partition coefficient (Wildman–Crippen LogP) is 3.30. The van der Waals surface area contributed by atoms with Gasteiger partial charge in [0.15, 0.2) is 0 Å². The predicted molar refractivity (Wildman–Crippen MR) is 78.5 cm³/mol. The van der Waals surface area contributed by atoms with Crippen molar-refractivity contribution in [3.8, 4) is 0 Å². The van der Waals surface area contributed by atoms with Crippen molar-refractivity contribution in [3.63, 3.8) is 0 Å². The van der Waals surface area contributed by atoms with E-state index in [1.54, 1.807) is 0 Å². The van der Waals surface area contributed by atoms with Gasteiger partial charge in [-0.05, 0) is 11.1 Å². The molecule has 1 N–H and O–H groups in total. The molecule has 0 aliphatic carbocycles. The Kier molecular flexibility index (Phi) is 3.79. The molecule has 3 rings (SSSR count). The molecule has 0 fully saturated rings. The lowest BCUT2D eigenvalue weighted by Crippen LogP contribution is -2.13. The van der Waals surface area contributed by atoms with Crippen LogP contribution >= 0.6 is 0 Å². The van der Waals surface area contributed by atoms with Crippen LogP contribution in [-0.4, -0.2) is 16.9 Å². The van der Waals surface area contributed by atoms with E-state index in [1.165, 1.54) is 0 Å². The topological polar surface area (TPSA) is 41.8 Å². The lowest BCUT2D eigenvalue weighted by atomic mass is 9.98. The molecule has 20 heavy (non-hydrogen) atoms. The van der Waals surface area contributed by atoms with E-state index < -0.39 is 6.10 Å². The molecule has 3 nitrogen and oxygen atoms in total. The number of benzene rings is 2. The molecule has 2 atom stereocenters. The highest BCUT2D eigenvalue weighted by Gasteiger charge is 2.25. The molecule has 3 heteroatoms. The SMILES string of the molecule is O[C@@H](C[C@@H]1CC(c2ccccc2)=NO1)c1ccccc1. The Hall–Kier alpha value is -2.13. The van der Waals surface area contributed by atoms with Crippen molar-refractivity contribution in [2.75, 3.05) is 0 Å². The molecule has 0 unspecified atom stereocenters. The van der Waals surface area contributed by atoms with Crippen molar-refractivity contribution >= 4 is 5.71 Å². The van der Waals surface area contributed by atoms with Crippen LogP contribution in [0.2, 0.25) is 0 Å². The average Bonchev–Trinajstić information content (AvgIpc) is 2.97. The van der Waals surface area contributed by atoms with Crippen molar-refractivity contribution in [2.45, 2.75) is 25.0 Å². The van der Waals surface area contributed by atoms with Crippen LogP contribution in [0.5, 0.6) is 0 Å². The van der Waals surface area contributed by atoms with Gasteiger partial charge in [-0.1, -0.05) is 65.8 Å². The zero-order valence-electron chi connectivity index (χ0n) is 11.1. The summed E-state index contributed by atoms with van der Waals surface area (Å²) in [5.41, 5.74) is 2.96. The third-order valence-corrected chi connectivity index (χ3v) is 3.51. The van der Waals surface area contributed by atoms with Gasteiger partial charge in [0.1, 0.15) is 6.10 Å². The maximum atomic E-state index is 10.2. The molecule has 0 amide bonds. The summed E-state index contributed by atoms with van der Waals surface area (Å²) in [6.45, 7) is 0. The molecule has 2 aromatic rings. The number of nitrogens with zero attached hydrogens (tertiary/aromatic N) is 1. The minimum Gasteiger partial charge on any atom is -0.392 e. The summed E-state index contributed by atoms with van der Waals surface area (Å²) in [5.74, 6) is 0. The number of rotatable bonds is 4. The van der Waals surface area contributed by atoms with Crippen LogP contribution in [0.4, 0.5) is 0 Å². The van der Waals surface area contributed by atoms with Crippen LogP contribution in [0.1, 0.15) is 30.1 Å². The van der Waals surface area contributed by atoms with Crippen molar-refractivity contribution in [1.29, 1.82) is 0 Å². The van der Waals surface area contributed by atoms with Crippen LogP contribution in [0.25, 0.3) is 0 Å². The van der Waals surface area contributed by atoms with E-state index in [9.17, 15) is 5.11 Å². The fourth-order valence-electron chi connectivity index (χ4n) is 2.42. The van der Waals surface area contributed by atoms with E-state index in [0.29, 0.717) is 6.42 Å². The lowest BCUT2D eigenvalue weighted by Gasteiger charge is -2.14. The van der Waals surface area contributed by atoms with Gasteiger partial charge in [0.2, 0.25) is 0 Å². The van der Waals surface area contributed by atoms with Crippen LogP contribution < -0.4 is 0 Å². The number of hydrogen-bond donors (Lipinski definition) is 1. The maximum absolute atomic E-state index is 10.2. The molecule has 0 bridgehead atoms. The van der Waals surface area contributed by atoms with Gasteiger partial charge in [-0.25, -0.2) is 0 Å². The van der Waals surface area contributed by atoms with E-state index >= 15 is 0 Å². The van der Waals surface area contributed by atoms with E-state index in [1.807, 2.05) is 60.7 Å². The normalized spacial score (nSPS) is 19.2. The van der Waals surface area contributed by atoms with Gasteiger partial charge in [-0.15, -0.1) is 0 Å². The average molecular weight is 267 g/mol. The second kappa shape index (κ2) is 5.88. The highest BCUT2D eigenvalue weighted by Crippen LogP contribution is 2.25. The molecule has 1 heterocycles. The van der Waals surface area contributed by atoms with Gasteiger partial charge in [0.25, 0.3) is 0 Å². The highest BCUT2D eigenvalue weighted by atomic mass is 16.6. The standard InChI is InChI=1S/C17H17NO2/c19-17(14-9-5-2-6-10-14)12-15-11-16(18-20-15)13-7-3-1-4-8-13/h1-10,15,17,19H,11-12H2/t15-,17-/m0/s1. The van der Waals surface area contributed by atoms with E-state index in [2.05, 4.69) is 5.16 Å². The van der Waals surface area contributed by atoms with Crippen molar-refractivity contribution in [2.24, 2.45) is 5.16 Å². The summed E-state index contributed by atoms with van der Waals surface area (Å²) >= 11 is 0. The monoisotopic (exact) mass is 267 g/mol. The Bertz CT molecular complexity index is 580. The van der Waals surface area contributed by atoms with Gasteiger partial charge < -0.3 is 9.94 Å². The molecular weight excluding hydrogens is 250 g/mol. The summed E-state index contributed by atoms with van der Waals surface area (Å²) in [6, 6.07) is 19.7. The molecule has 0 spiro atoms.